The van der Waals surface area contributed by atoms with E-state index >= 15 is 0 Å². The Kier molecular flexibility index (Phi) is 5.09. The Hall–Kier alpha value is -1.95. The lowest BCUT2D eigenvalue weighted by Gasteiger charge is -2.08. The summed E-state index contributed by atoms with van der Waals surface area (Å²) in [4.78, 5) is 4.20. The van der Waals surface area contributed by atoms with Crippen LogP contribution in [0.1, 0.15) is 25.8 Å². The van der Waals surface area contributed by atoms with Crippen LogP contribution in [0.3, 0.4) is 0 Å². The molecule has 0 aromatic heterocycles. The van der Waals surface area contributed by atoms with Gasteiger partial charge in [-0.1, -0.05) is 31.9 Å². The number of aliphatic imine (C=N–C) groups is 1. The number of nitrogens with one attached hydrogen (secondary N) is 1. The van der Waals surface area contributed by atoms with Crippen molar-refractivity contribution in [1.29, 1.82) is 0 Å². The SMILES string of the molecule is C#CC(CC)N=C(N)Nc1ccc(CC)cc1. The van der Waals surface area contributed by atoms with E-state index in [1.807, 2.05) is 19.1 Å². The third-order valence-corrected chi connectivity index (χ3v) is 2.51. The number of anilines is 1. The summed E-state index contributed by atoms with van der Waals surface area (Å²) in [6.07, 6.45) is 7.13. The number of benzene rings is 1. The van der Waals surface area contributed by atoms with Gasteiger partial charge in [0.2, 0.25) is 0 Å². The second-order valence-corrected chi connectivity index (χ2v) is 3.78. The van der Waals surface area contributed by atoms with Crippen LogP contribution >= 0.6 is 0 Å². The molecule has 3 N–H and O–H groups in total. The van der Waals surface area contributed by atoms with Gasteiger partial charge in [0.05, 0.1) is 0 Å². The Morgan fingerprint density at radius 2 is 2.06 bits per heavy atom. The molecule has 90 valence electrons. The Morgan fingerprint density at radius 1 is 1.41 bits per heavy atom. The summed E-state index contributed by atoms with van der Waals surface area (Å²) in [5.41, 5.74) is 7.99. The first-order chi connectivity index (χ1) is 8.19. The molecule has 0 amide bonds. The quantitative estimate of drug-likeness (QED) is 0.473. The molecule has 0 saturated heterocycles. The van der Waals surface area contributed by atoms with Crippen LogP contribution in [0.4, 0.5) is 5.69 Å². The Labute approximate surface area is 103 Å². The summed E-state index contributed by atoms with van der Waals surface area (Å²) < 4.78 is 0. The van der Waals surface area contributed by atoms with Crippen LogP contribution in [-0.2, 0) is 6.42 Å². The largest absolute Gasteiger partial charge is 0.370 e. The molecule has 3 heteroatoms. The Bertz CT molecular complexity index is 412. The van der Waals surface area contributed by atoms with Gasteiger partial charge in [-0.3, -0.25) is 0 Å². The molecule has 0 heterocycles. The van der Waals surface area contributed by atoms with Gasteiger partial charge in [0.25, 0.3) is 0 Å². The van der Waals surface area contributed by atoms with E-state index < -0.39 is 0 Å². The van der Waals surface area contributed by atoms with E-state index in [4.69, 9.17) is 12.2 Å². The van der Waals surface area contributed by atoms with Crippen LogP contribution in [-0.4, -0.2) is 12.0 Å². The topological polar surface area (TPSA) is 50.4 Å². The molecule has 1 atom stereocenters. The third kappa shape index (κ3) is 4.20. The highest BCUT2D eigenvalue weighted by Crippen LogP contribution is 2.09. The molecular formula is C14H19N3. The predicted molar refractivity (Wildman–Crippen MR) is 74.0 cm³/mol. The van der Waals surface area contributed by atoms with Crippen molar-refractivity contribution in [3.05, 3.63) is 29.8 Å². The van der Waals surface area contributed by atoms with Gasteiger partial charge < -0.3 is 11.1 Å². The zero-order valence-electron chi connectivity index (χ0n) is 10.4. The lowest BCUT2D eigenvalue weighted by molar-refractivity contribution is 0.806. The van der Waals surface area contributed by atoms with Crippen molar-refractivity contribution in [3.63, 3.8) is 0 Å². The molecular weight excluding hydrogens is 210 g/mol. The van der Waals surface area contributed by atoms with E-state index in [1.54, 1.807) is 0 Å². The average molecular weight is 229 g/mol. The molecule has 3 nitrogen and oxygen atoms in total. The van der Waals surface area contributed by atoms with Crippen LogP contribution in [0, 0.1) is 12.3 Å². The van der Waals surface area contributed by atoms with Crippen molar-refractivity contribution in [1.82, 2.24) is 0 Å². The van der Waals surface area contributed by atoms with Crippen LogP contribution in [0.15, 0.2) is 29.3 Å². The molecule has 0 spiro atoms. The molecule has 0 bridgehead atoms. The molecule has 17 heavy (non-hydrogen) atoms. The summed E-state index contributed by atoms with van der Waals surface area (Å²) in [7, 11) is 0. The van der Waals surface area contributed by atoms with Crippen molar-refractivity contribution in [2.24, 2.45) is 10.7 Å². The van der Waals surface area contributed by atoms with E-state index in [0.717, 1.165) is 18.5 Å². The maximum absolute atomic E-state index is 5.77. The molecule has 1 aromatic carbocycles. The average Bonchev–Trinajstić information content (AvgIpc) is 2.37. The van der Waals surface area contributed by atoms with E-state index in [9.17, 15) is 0 Å². The highest BCUT2D eigenvalue weighted by molar-refractivity contribution is 5.92. The van der Waals surface area contributed by atoms with Crippen LogP contribution in [0.5, 0.6) is 0 Å². The van der Waals surface area contributed by atoms with Crippen molar-refractivity contribution in [2.75, 3.05) is 5.32 Å². The summed E-state index contributed by atoms with van der Waals surface area (Å²) in [5.74, 6) is 2.94. The minimum atomic E-state index is -0.155. The van der Waals surface area contributed by atoms with Crippen molar-refractivity contribution >= 4 is 11.6 Å². The fourth-order valence-electron chi connectivity index (χ4n) is 1.42. The second-order valence-electron chi connectivity index (χ2n) is 3.78. The second kappa shape index (κ2) is 6.59. The normalized spacial score (nSPS) is 12.9. The molecule has 0 aliphatic heterocycles. The lowest BCUT2D eigenvalue weighted by atomic mass is 10.1. The minimum Gasteiger partial charge on any atom is -0.370 e. The van der Waals surface area contributed by atoms with E-state index in [2.05, 4.69) is 35.3 Å². The summed E-state index contributed by atoms with van der Waals surface area (Å²) in [5, 5.41) is 3.02. The van der Waals surface area contributed by atoms with Gasteiger partial charge in [0.15, 0.2) is 5.96 Å². The zero-order valence-corrected chi connectivity index (χ0v) is 10.4. The number of terminal acetylenes is 1. The number of aryl methyl sites for hydroxylation is 1. The molecule has 1 rings (SSSR count). The van der Waals surface area contributed by atoms with Gasteiger partial charge in [0.1, 0.15) is 6.04 Å². The Morgan fingerprint density at radius 3 is 2.53 bits per heavy atom. The maximum atomic E-state index is 5.77. The molecule has 0 saturated carbocycles. The Balaban J connectivity index is 2.67. The van der Waals surface area contributed by atoms with Crippen molar-refractivity contribution in [3.8, 4) is 12.3 Å². The standard InChI is InChI=1S/C14H19N3/c1-4-11-7-9-13(10-8-11)17-14(15)16-12(5-2)6-3/h2,7-10,12H,4,6H2,1,3H3,(H3,15,16,17). The van der Waals surface area contributed by atoms with Gasteiger partial charge in [-0.2, -0.15) is 0 Å². The summed E-state index contributed by atoms with van der Waals surface area (Å²) >= 11 is 0. The number of nitrogens with two attached hydrogens (primary N) is 1. The minimum absolute atomic E-state index is 0.155. The summed E-state index contributed by atoms with van der Waals surface area (Å²) in [6.45, 7) is 4.11. The number of hydrogen-bond donors (Lipinski definition) is 2. The lowest BCUT2D eigenvalue weighted by Crippen LogP contribution is -2.24. The molecule has 1 unspecified atom stereocenters. The van der Waals surface area contributed by atoms with Gasteiger partial charge in [-0.25, -0.2) is 4.99 Å². The fourth-order valence-corrected chi connectivity index (χ4v) is 1.42. The van der Waals surface area contributed by atoms with Gasteiger partial charge in [-0.15, -0.1) is 6.42 Å². The maximum Gasteiger partial charge on any atom is 0.194 e. The van der Waals surface area contributed by atoms with Gasteiger partial charge in [0, 0.05) is 5.69 Å². The highest BCUT2D eigenvalue weighted by Gasteiger charge is 2.00. The number of rotatable bonds is 4. The van der Waals surface area contributed by atoms with Crippen molar-refractivity contribution < 1.29 is 0 Å². The van der Waals surface area contributed by atoms with E-state index in [0.29, 0.717) is 5.96 Å². The van der Waals surface area contributed by atoms with E-state index in [1.165, 1.54) is 5.56 Å². The van der Waals surface area contributed by atoms with Gasteiger partial charge in [-0.05, 0) is 30.5 Å². The highest BCUT2D eigenvalue weighted by atomic mass is 15.1. The van der Waals surface area contributed by atoms with Crippen LogP contribution in [0.2, 0.25) is 0 Å². The van der Waals surface area contributed by atoms with Crippen LogP contribution in [0.25, 0.3) is 0 Å². The first kappa shape index (κ1) is 13.1. The molecule has 0 aliphatic rings. The zero-order chi connectivity index (χ0) is 12.7. The number of guanidine groups is 1. The number of nitrogens with zero attached hydrogens (tertiary/aromatic N) is 1. The molecule has 0 fully saturated rings. The fraction of sp³-hybridized carbons (Fsp3) is 0.357. The predicted octanol–water partition coefficient (Wildman–Crippen LogP) is 2.39. The van der Waals surface area contributed by atoms with E-state index in [-0.39, 0.29) is 6.04 Å². The molecule has 0 aliphatic carbocycles. The first-order valence-electron chi connectivity index (χ1n) is 5.85. The van der Waals surface area contributed by atoms with Crippen molar-refractivity contribution in [2.45, 2.75) is 32.7 Å². The summed E-state index contributed by atoms with van der Waals surface area (Å²) in [6, 6.07) is 7.94. The first-order valence-corrected chi connectivity index (χ1v) is 5.85. The molecule has 0 radical (unpaired) electrons. The number of hydrogen-bond acceptors (Lipinski definition) is 1. The monoisotopic (exact) mass is 229 g/mol. The van der Waals surface area contributed by atoms with Crippen LogP contribution < -0.4 is 11.1 Å². The smallest absolute Gasteiger partial charge is 0.194 e. The van der Waals surface area contributed by atoms with Gasteiger partial charge >= 0.3 is 0 Å². The molecule has 1 aromatic rings. The third-order valence-electron chi connectivity index (χ3n) is 2.51.